The highest BCUT2D eigenvalue weighted by atomic mass is 16.5. The average molecular weight is 281 g/mol. The van der Waals surface area contributed by atoms with Crippen LogP contribution in [0.3, 0.4) is 0 Å². The number of hydrogen-bond acceptors (Lipinski definition) is 3. The van der Waals surface area contributed by atoms with Crippen molar-refractivity contribution in [3.63, 3.8) is 0 Å². The van der Waals surface area contributed by atoms with Gasteiger partial charge in [0.2, 0.25) is 0 Å². The number of ether oxygens (including phenoxy) is 2. The second-order valence-corrected chi connectivity index (χ2v) is 4.64. The largest absolute Gasteiger partial charge is 0.493 e. The standard InChI is InChI=1S/C18H19NO2/c1-3-21-17-11-7-10-16(18(17)20-2)15(12-13-19)14-8-5-4-6-9-14/h4-11,15H,3,12H2,1-2H3. The molecule has 0 heterocycles. The maximum absolute atomic E-state index is 9.17. The van der Waals surface area contributed by atoms with Gasteiger partial charge in [-0.3, -0.25) is 0 Å². The molecule has 0 radical (unpaired) electrons. The van der Waals surface area contributed by atoms with Crippen LogP contribution in [0.4, 0.5) is 0 Å². The Hall–Kier alpha value is -2.47. The molecule has 1 unspecified atom stereocenters. The summed E-state index contributed by atoms with van der Waals surface area (Å²) in [4.78, 5) is 0. The van der Waals surface area contributed by atoms with Crippen LogP contribution in [0.15, 0.2) is 48.5 Å². The first-order valence-electron chi connectivity index (χ1n) is 7.03. The van der Waals surface area contributed by atoms with Gasteiger partial charge in [0.25, 0.3) is 0 Å². The molecule has 0 aliphatic carbocycles. The van der Waals surface area contributed by atoms with E-state index in [1.165, 1.54) is 0 Å². The highest BCUT2D eigenvalue weighted by Gasteiger charge is 2.20. The monoisotopic (exact) mass is 281 g/mol. The van der Waals surface area contributed by atoms with E-state index in [-0.39, 0.29) is 5.92 Å². The molecule has 3 heteroatoms. The minimum absolute atomic E-state index is 0.0217. The Morgan fingerprint density at radius 1 is 1.10 bits per heavy atom. The van der Waals surface area contributed by atoms with E-state index in [1.807, 2.05) is 55.5 Å². The van der Waals surface area contributed by atoms with E-state index in [0.717, 1.165) is 16.9 Å². The molecule has 0 aliphatic rings. The SMILES string of the molecule is CCOc1cccc(C(CC#N)c2ccccc2)c1OC. The van der Waals surface area contributed by atoms with Crippen LogP contribution in [0, 0.1) is 11.3 Å². The smallest absolute Gasteiger partial charge is 0.164 e. The van der Waals surface area contributed by atoms with Gasteiger partial charge in [-0.05, 0) is 18.6 Å². The maximum atomic E-state index is 9.17. The van der Waals surface area contributed by atoms with Crippen molar-refractivity contribution in [2.45, 2.75) is 19.3 Å². The lowest BCUT2D eigenvalue weighted by molar-refractivity contribution is 0.308. The molecule has 1 atom stereocenters. The Labute approximate surface area is 125 Å². The lowest BCUT2D eigenvalue weighted by atomic mass is 9.88. The molecule has 0 aromatic heterocycles. The van der Waals surface area contributed by atoms with Crippen LogP contribution in [0.5, 0.6) is 11.5 Å². The first-order chi connectivity index (χ1) is 10.3. The molecule has 0 fully saturated rings. The summed E-state index contributed by atoms with van der Waals surface area (Å²) in [6, 6.07) is 18.1. The summed E-state index contributed by atoms with van der Waals surface area (Å²) in [6.07, 6.45) is 0.399. The third-order valence-corrected chi connectivity index (χ3v) is 3.39. The molecule has 0 aliphatic heterocycles. The highest BCUT2D eigenvalue weighted by molar-refractivity contribution is 5.51. The molecule has 21 heavy (non-hydrogen) atoms. The second kappa shape index (κ2) is 7.35. The summed E-state index contributed by atoms with van der Waals surface area (Å²) in [5, 5.41) is 9.17. The number of benzene rings is 2. The van der Waals surface area contributed by atoms with Crippen LogP contribution in [-0.4, -0.2) is 13.7 Å². The fourth-order valence-electron chi connectivity index (χ4n) is 2.48. The van der Waals surface area contributed by atoms with Crippen molar-refractivity contribution in [1.82, 2.24) is 0 Å². The van der Waals surface area contributed by atoms with Gasteiger partial charge in [0.05, 0.1) is 19.8 Å². The Balaban J connectivity index is 2.50. The van der Waals surface area contributed by atoms with Crippen molar-refractivity contribution in [3.05, 3.63) is 59.7 Å². The van der Waals surface area contributed by atoms with Gasteiger partial charge >= 0.3 is 0 Å². The zero-order valence-electron chi connectivity index (χ0n) is 12.4. The van der Waals surface area contributed by atoms with Crippen molar-refractivity contribution in [3.8, 4) is 17.6 Å². The second-order valence-electron chi connectivity index (χ2n) is 4.64. The van der Waals surface area contributed by atoms with E-state index in [2.05, 4.69) is 6.07 Å². The van der Waals surface area contributed by atoms with Crippen molar-refractivity contribution in [1.29, 1.82) is 5.26 Å². The summed E-state index contributed by atoms with van der Waals surface area (Å²) in [5.41, 5.74) is 2.09. The predicted molar refractivity (Wildman–Crippen MR) is 82.7 cm³/mol. The molecular weight excluding hydrogens is 262 g/mol. The Kier molecular flexibility index (Phi) is 5.22. The molecule has 2 rings (SSSR count). The summed E-state index contributed by atoms with van der Waals surface area (Å²) in [6.45, 7) is 2.52. The van der Waals surface area contributed by atoms with E-state index in [4.69, 9.17) is 9.47 Å². The highest BCUT2D eigenvalue weighted by Crippen LogP contribution is 2.39. The van der Waals surface area contributed by atoms with Gasteiger partial charge in [0.1, 0.15) is 0 Å². The van der Waals surface area contributed by atoms with E-state index < -0.39 is 0 Å². The first kappa shape index (κ1) is 14.9. The molecule has 2 aromatic rings. The topological polar surface area (TPSA) is 42.2 Å². The van der Waals surface area contributed by atoms with Crippen LogP contribution in [0.1, 0.15) is 30.4 Å². The Morgan fingerprint density at radius 3 is 2.48 bits per heavy atom. The summed E-state index contributed by atoms with van der Waals surface area (Å²) in [5.74, 6) is 1.41. The number of nitrogens with zero attached hydrogens (tertiary/aromatic N) is 1. The molecule has 3 nitrogen and oxygen atoms in total. The lowest BCUT2D eigenvalue weighted by Gasteiger charge is -2.20. The van der Waals surface area contributed by atoms with E-state index in [1.54, 1.807) is 7.11 Å². The summed E-state index contributed by atoms with van der Waals surface area (Å²) >= 11 is 0. The molecule has 0 saturated heterocycles. The zero-order chi connectivity index (χ0) is 15.1. The van der Waals surface area contributed by atoms with Gasteiger partial charge < -0.3 is 9.47 Å². The zero-order valence-corrected chi connectivity index (χ0v) is 12.4. The van der Waals surface area contributed by atoms with Crippen molar-refractivity contribution in [2.24, 2.45) is 0 Å². The minimum atomic E-state index is -0.0217. The fourth-order valence-corrected chi connectivity index (χ4v) is 2.48. The molecule has 0 saturated carbocycles. The van der Waals surface area contributed by atoms with E-state index in [9.17, 15) is 5.26 Å². The van der Waals surface area contributed by atoms with Crippen LogP contribution in [0.25, 0.3) is 0 Å². The average Bonchev–Trinajstić information content (AvgIpc) is 2.53. The van der Waals surface area contributed by atoms with Gasteiger partial charge in [0, 0.05) is 17.9 Å². The molecule has 0 bridgehead atoms. The summed E-state index contributed by atoms with van der Waals surface area (Å²) < 4.78 is 11.2. The molecule has 108 valence electrons. The van der Waals surface area contributed by atoms with Gasteiger partial charge in [-0.1, -0.05) is 42.5 Å². The van der Waals surface area contributed by atoms with Gasteiger partial charge in [-0.25, -0.2) is 0 Å². The minimum Gasteiger partial charge on any atom is -0.493 e. The number of para-hydroxylation sites is 1. The van der Waals surface area contributed by atoms with Crippen molar-refractivity contribution in [2.75, 3.05) is 13.7 Å². The third-order valence-electron chi connectivity index (χ3n) is 3.39. The van der Waals surface area contributed by atoms with Gasteiger partial charge in [-0.2, -0.15) is 5.26 Å². The number of nitriles is 1. The fraction of sp³-hybridized carbons (Fsp3) is 0.278. The maximum Gasteiger partial charge on any atom is 0.164 e. The molecular formula is C18H19NO2. The lowest BCUT2D eigenvalue weighted by Crippen LogP contribution is -2.05. The molecule has 0 N–H and O–H groups in total. The van der Waals surface area contributed by atoms with Gasteiger partial charge in [0.15, 0.2) is 11.5 Å². The van der Waals surface area contributed by atoms with E-state index >= 15 is 0 Å². The number of rotatable bonds is 6. The first-order valence-corrected chi connectivity index (χ1v) is 7.03. The molecule has 0 amide bonds. The van der Waals surface area contributed by atoms with E-state index in [0.29, 0.717) is 18.8 Å². The van der Waals surface area contributed by atoms with Crippen molar-refractivity contribution >= 4 is 0 Å². The predicted octanol–water partition coefficient (Wildman–Crippen LogP) is 4.14. The van der Waals surface area contributed by atoms with Crippen LogP contribution in [0.2, 0.25) is 0 Å². The summed E-state index contributed by atoms with van der Waals surface area (Å²) in [7, 11) is 1.63. The Bertz CT molecular complexity index is 617. The Morgan fingerprint density at radius 2 is 1.86 bits per heavy atom. The van der Waals surface area contributed by atoms with Crippen molar-refractivity contribution < 1.29 is 9.47 Å². The van der Waals surface area contributed by atoms with Crippen LogP contribution >= 0.6 is 0 Å². The molecule has 2 aromatic carbocycles. The molecule has 0 spiro atoms. The third kappa shape index (κ3) is 3.35. The van der Waals surface area contributed by atoms with Crippen LogP contribution < -0.4 is 9.47 Å². The number of methoxy groups -OCH3 is 1. The number of hydrogen-bond donors (Lipinski definition) is 0. The normalized spacial score (nSPS) is 11.5. The van der Waals surface area contributed by atoms with Crippen LogP contribution in [-0.2, 0) is 0 Å². The quantitative estimate of drug-likeness (QED) is 0.799. The van der Waals surface area contributed by atoms with Gasteiger partial charge in [-0.15, -0.1) is 0 Å².